The van der Waals surface area contributed by atoms with Gasteiger partial charge in [0.2, 0.25) is 10.0 Å². The van der Waals surface area contributed by atoms with Crippen molar-refractivity contribution in [2.24, 2.45) is 0 Å². The number of aliphatic hydroxyl groups excluding tert-OH is 1. The van der Waals surface area contributed by atoms with Crippen molar-refractivity contribution in [1.82, 2.24) is 4.31 Å². The van der Waals surface area contributed by atoms with E-state index in [-0.39, 0.29) is 11.5 Å². The van der Waals surface area contributed by atoms with Gasteiger partial charge in [0.1, 0.15) is 0 Å². The molecular formula is C11H16BrNO3S. The van der Waals surface area contributed by atoms with Crippen molar-refractivity contribution in [3.8, 4) is 0 Å². The van der Waals surface area contributed by atoms with Gasteiger partial charge in [-0.15, -0.1) is 0 Å². The molecule has 0 amide bonds. The van der Waals surface area contributed by atoms with Crippen molar-refractivity contribution < 1.29 is 13.5 Å². The molecule has 4 nitrogen and oxygen atoms in total. The van der Waals surface area contributed by atoms with Crippen molar-refractivity contribution >= 4 is 26.0 Å². The van der Waals surface area contributed by atoms with Crippen molar-refractivity contribution in [3.05, 3.63) is 28.2 Å². The molecule has 6 heteroatoms. The summed E-state index contributed by atoms with van der Waals surface area (Å²) in [5.74, 6) is 0. The first-order valence-electron chi connectivity index (χ1n) is 5.29. The van der Waals surface area contributed by atoms with Gasteiger partial charge in [-0.3, -0.25) is 0 Å². The van der Waals surface area contributed by atoms with Crippen LogP contribution in [0, 0.1) is 0 Å². The van der Waals surface area contributed by atoms with Crippen LogP contribution in [0.15, 0.2) is 27.6 Å². The van der Waals surface area contributed by atoms with Gasteiger partial charge < -0.3 is 5.11 Å². The normalized spacial score (nSPS) is 12.1. The summed E-state index contributed by atoms with van der Waals surface area (Å²) >= 11 is 3.23. The topological polar surface area (TPSA) is 57.6 Å². The number of sulfonamides is 1. The lowest BCUT2D eigenvalue weighted by Crippen LogP contribution is -2.27. The third-order valence-electron chi connectivity index (χ3n) is 2.41. The Balaban J connectivity index is 3.16. The highest BCUT2D eigenvalue weighted by Crippen LogP contribution is 2.25. The van der Waals surface area contributed by atoms with E-state index in [1.807, 2.05) is 6.92 Å². The lowest BCUT2D eigenvalue weighted by atomic mass is 10.2. The average Bonchev–Trinajstić information content (AvgIpc) is 2.28. The van der Waals surface area contributed by atoms with Gasteiger partial charge in [-0.25, -0.2) is 12.7 Å². The fraction of sp³-hybridized carbons (Fsp3) is 0.455. The maximum atomic E-state index is 12.2. The van der Waals surface area contributed by atoms with Crippen LogP contribution in [0.25, 0.3) is 0 Å². The Kier molecular flexibility index (Phi) is 5.12. The second kappa shape index (κ2) is 5.95. The fourth-order valence-electron chi connectivity index (χ4n) is 1.45. The quantitative estimate of drug-likeness (QED) is 0.902. The molecule has 0 heterocycles. The molecule has 0 fully saturated rings. The van der Waals surface area contributed by atoms with Crippen LogP contribution in [-0.4, -0.2) is 31.4 Å². The number of benzene rings is 1. The number of hydrogen-bond donors (Lipinski definition) is 1. The average molecular weight is 322 g/mol. The zero-order valence-corrected chi connectivity index (χ0v) is 12.3. The first kappa shape index (κ1) is 14.6. The Morgan fingerprint density at radius 1 is 1.41 bits per heavy atom. The van der Waals surface area contributed by atoms with Gasteiger partial charge in [0.25, 0.3) is 0 Å². The molecular weight excluding hydrogens is 306 g/mol. The lowest BCUT2D eigenvalue weighted by molar-refractivity contribution is 0.281. The van der Waals surface area contributed by atoms with Crippen molar-refractivity contribution in [1.29, 1.82) is 0 Å². The van der Waals surface area contributed by atoms with Gasteiger partial charge in [0, 0.05) is 18.1 Å². The lowest BCUT2D eigenvalue weighted by Gasteiger charge is -2.17. The van der Waals surface area contributed by atoms with Crippen molar-refractivity contribution in [2.75, 3.05) is 13.6 Å². The number of halogens is 1. The summed E-state index contributed by atoms with van der Waals surface area (Å²) in [6.45, 7) is 2.30. The summed E-state index contributed by atoms with van der Waals surface area (Å²) in [5, 5.41) is 8.97. The van der Waals surface area contributed by atoms with E-state index < -0.39 is 10.0 Å². The molecule has 0 atom stereocenters. The van der Waals surface area contributed by atoms with E-state index in [9.17, 15) is 8.42 Å². The molecule has 0 aliphatic heterocycles. The second-order valence-electron chi connectivity index (χ2n) is 3.75. The molecule has 0 aliphatic rings. The standard InChI is InChI=1S/C11H16BrNO3S/c1-3-6-13(2)17(15,16)11-5-4-9(8-14)7-10(11)12/h4-5,7,14H,3,6,8H2,1-2H3. The third kappa shape index (κ3) is 3.28. The van der Waals surface area contributed by atoms with Crippen molar-refractivity contribution in [2.45, 2.75) is 24.8 Å². The first-order chi connectivity index (χ1) is 7.93. The SMILES string of the molecule is CCCN(C)S(=O)(=O)c1ccc(CO)cc1Br. The summed E-state index contributed by atoms with van der Waals surface area (Å²) < 4.78 is 26.2. The summed E-state index contributed by atoms with van der Waals surface area (Å²) in [4.78, 5) is 0.227. The third-order valence-corrected chi connectivity index (χ3v) is 5.24. The van der Waals surface area contributed by atoms with Crippen LogP contribution in [0.2, 0.25) is 0 Å². The molecule has 0 saturated carbocycles. The molecule has 17 heavy (non-hydrogen) atoms. The van der Waals surface area contributed by atoms with E-state index in [1.54, 1.807) is 19.2 Å². The minimum atomic E-state index is -3.45. The minimum absolute atomic E-state index is 0.107. The molecule has 0 unspecified atom stereocenters. The predicted octanol–water partition coefficient (Wildman–Crippen LogP) is 1.97. The smallest absolute Gasteiger partial charge is 0.243 e. The molecule has 0 saturated heterocycles. The molecule has 1 N–H and O–H groups in total. The highest BCUT2D eigenvalue weighted by molar-refractivity contribution is 9.10. The van der Waals surface area contributed by atoms with Gasteiger partial charge in [-0.05, 0) is 40.0 Å². The molecule has 1 aromatic carbocycles. The van der Waals surface area contributed by atoms with Gasteiger partial charge in [0.05, 0.1) is 11.5 Å². The minimum Gasteiger partial charge on any atom is -0.392 e. The van der Waals surface area contributed by atoms with Crippen LogP contribution in [0.1, 0.15) is 18.9 Å². The van der Waals surface area contributed by atoms with Crippen LogP contribution in [0.5, 0.6) is 0 Å². The van der Waals surface area contributed by atoms with Gasteiger partial charge in [-0.2, -0.15) is 0 Å². The molecule has 0 radical (unpaired) electrons. The molecule has 0 aliphatic carbocycles. The Hall–Kier alpha value is -0.430. The highest BCUT2D eigenvalue weighted by atomic mass is 79.9. The molecule has 96 valence electrons. The Bertz CT molecular complexity index is 487. The summed E-state index contributed by atoms with van der Waals surface area (Å²) in [6, 6.07) is 4.74. The number of rotatable bonds is 5. The van der Waals surface area contributed by atoms with E-state index >= 15 is 0 Å². The van der Waals surface area contributed by atoms with E-state index in [4.69, 9.17) is 5.11 Å². The predicted molar refractivity (Wildman–Crippen MR) is 70.2 cm³/mol. The highest BCUT2D eigenvalue weighted by Gasteiger charge is 2.22. The van der Waals surface area contributed by atoms with Crippen LogP contribution in [0.3, 0.4) is 0 Å². The monoisotopic (exact) mass is 321 g/mol. The molecule has 1 rings (SSSR count). The Morgan fingerprint density at radius 2 is 2.06 bits per heavy atom. The molecule has 0 spiro atoms. The fourth-order valence-corrected chi connectivity index (χ4v) is 3.80. The zero-order chi connectivity index (χ0) is 13.1. The van der Waals surface area contributed by atoms with Crippen molar-refractivity contribution in [3.63, 3.8) is 0 Å². The summed E-state index contributed by atoms with van der Waals surface area (Å²) in [5.41, 5.74) is 0.675. The van der Waals surface area contributed by atoms with Crippen LogP contribution in [-0.2, 0) is 16.6 Å². The number of hydrogen-bond acceptors (Lipinski definition) is 3. The Labute approximate surface area is 110 Å². The largest absolute Gasteiger partial charge is 0.392 e. The van der Waals surface area contributed by atoms with E-state index in [0.29, 0.717) is 16.6 Å². The second-order valence-corrected chi connectivity index (χ2v) is 6.62. The molecule has 0 aromatic heterocycles. The van der Waals surface area contributed by atoms with E-state index in [2.05, 4.69) is 15.9 Å². The number of aliphatic hydroxyl groups is 1. The van der Waals surface area contributed by atoms with E-state index in [0.717, 1.165) is 6.42 Å². The van der Waals surface area contributed by atoms with E-state index in [1.165, 1.54) is 10.4 Å². The zero-order valence-electron chi connectivity index (χ0n) is 9.85. The van der Waals surface area contributed by atoms with Crippen LogP contribution < -0.4 is 0 Å². The van der Waals surface area contributed by atoms with Gasteiger partial charge in [-0.1, -0.05) is 13.0 Å². The summed E-state index contributed by atoms with van der Waals surface area (Å²) in [7, 11) is -1.89. The van der Waals surface area contributed by atoms with Crippen LogP contribution in [0.4, 0.5) is 0 Å². The first-order valence-corrected chi connectivity index (χ1v) is 7.52. The maximum Gasteiger partial charge on any atom is 0.243 e. The maximum absolute atomic E-state index is 12.2. The van der Waals surface area contributed by atoms with Gasteiger partial charge in [0.15, 0.2) is 0 Å². The van der Waals surface area contributed by atoms with Gasteiger partial charge >= 0.3 is 0 Å². The number of nitrogens with zero attached hydrogens (tertiary/aromatic N) is 1. The Morgan fingerprint density at radius 3 is 2.53 bits per heavy atom. The van der Waals surface area contributed by atoms with Crippen LogP contribution >= 0.6 is 15.9 Å². The molecule has 1 aromatic rings. The summed E-state index contributed by atoms with van der Waals surface area (Å²) in [6.07, 6.45) is 0.766. The molecule has 0 bridgehead atoms.